The molecule has 2 unspecified atom stereocenters. The van der Waals surface area contributed by atoms with Gasteiger partial charge in [-0.1, -0.05) is 6.92 Å². The van der Waals surface area contributed by atoms with Crippen LogP contribution in [0.3, 0.4) is 0 Å². The average molecular weight is 243 g/mol. The highest BCUT2D eigenvalue weighted by molar-refractivity contribution is 5.70. The van der Waals surface area contributed by atoms with Crippen molar-refractivity contribution in [2.45, 2.75) is 45.6 Å². The van der Waals surface area contributed by atoms with Crippen LogP contribution in [0.2, 0.25) is 0 Å². The Morgan fingerprint density at radius 1 is 1.53 bits per heavy atom. The van der Waals surface area contributed by atoms with E-state index >= 15 is 0 Å². The number of ether oxygens (including phenoxy) is 2. The van der Waals surface area contributed by atoms with Crippen LogP contribution in [0, 0.1) is 5.92 Å². The Morgan fingerprint density at radius 2 is 2.35 bits per heavy atom. The highest BCUT2D eigenvalue weighted by atomic mass is 16.5. The molecule has 0 aromatic heterocycles. The molecule has 1 aliphatic heterocycles. The number of carbonyl (C=O) groups excluding carboxylic acids is 1. The van der Waals surface area contributed by atoms with Gasteiger partial charge in [-0.2, -0.15) is 0 Å². The van der Waals surface area contributed by atoms with Gasteiger partial charge in [-0.05, 0) is 38.6 Å². The molecule has 1 rings (SSSR count). The molecule has 1 aliphatic rings. The second-order valence-corrected chi connectivity index (χ2v) is 4.55. The second kappa shape index (κ2) is 8.48. The summed E-state index contributed by atoms with van der Waals surface area (Å²) in [6.07, 6.45) is 3.77. The van der Waals surface area contributed by atoms with E-state index in [2.05, 4.69) is 12.2 Å². The minimum Gasteiger partial charge on any atom is -0.466 e. The van der Waals surface area contributed by atoms with Gasteiger partial charge in [0.25, 0.3) is 0 Å². The lowest BCUT2D eigenvalue weighted by atomic mass is 9.91. The van der Waals surface area contributed by atoms with Crippen molar-refractivity contribution in [3.63, 3.8) is 0 Å². The molecule has 0 bridgehead atoms. The molecule has 1 N–H and O–H groups in total. The minimum absolute atomic E-state index is 0.105. The smallest absolute Gasteiger partial charge is 0.307 e. The van der Waals surface area contributed by atoms with E-state index in [1.54, 1.807) is 0 Å². The fourth-order valence-electron chi connectivity index (χ4n) is 2.22. The average Bonchev–Trinajstić information content (AvgIpc) is 2.36. The van der Waals surface area contributed by atoms with Crippen molar-refractivity contribution in [3.05, 3.63) is 0 Å². The van der Waals surface area contributed by atoms with Crippen LogP contribution < -0.4 is 5.32 Å². The van der Waals surface area contributed by atoms with Gasteiger partial charge in [-0.15, -0.1) is 0 Å². The molecule has 0 radical (unpaired) electrons. The third-order valence-electron chi connectivity index (χ3n) is 3.11. The Labute approximate surface area is 104 Å². The van der Waals surface area contributed by atoms with E-state index in [4.69, 9.17) is 9.47 Å². The molecule has 4 nitrogen and oxygen atoms in total. The van der Waals surface area contributed by atoms with Gasteiger partial charge in [-0.25, -0.2) is 0 Å². The minimum atomic E-state index is -0.105. The summed E-state index contributed by atoms with van der Waals surface area (Å²) in [5.41, 5.74) is 0. The van der Waals surface area contributed by atoms with E-state index in [1.807, 2.05) is 6.92 Å². The fraction of sp³-hybridized carbons (Fsp3) is 0.923. The van der Waals surface area contributed by atoms with Crippen molar-refractivity contribution in [2.75, 3.05) is 26.4 Å². The van der Waals surface area contributed by atoms with Gasteiger partial charge >= 0.3 is 5.97 Å². The van der Waals surface area contributed by atoms with Gasteiger partial charge in [0.05, 0.1) is 19.6 Å². The van der Waals surface area contributed by atoms with Crippen molar-refractivity contribution in [1.29, 1.82) is 0 Å². The maximum Gasteiger partial charge on any atom is 0.307 e. The molecule has 1 heterocycles. The zero-order valence-electron chi connectivity index (χ0n) is 11.0. The van der Waals surface area contributed by atoms with Crippen LogP contribution in [0.25, 0.3) is 0 Å². The van der Waals surface area contributed by atoms with Crippen molar-refractivity contribution in [1.82, 2.24) is 5.32 Å². The maximum atomic E-state index is 11.6. The molecule has 0 aromatic rings. The zero-order valence-corrected chi connectivity index (χ0v) is 11.0. The fourth-order valence-corrected chi connectivity index (χ4v) is 2.22. The summed E-state index contributed by atoms with van der Waals surface area (Å²) in [6.45, 7) is 7.00. The molecule has 2 atom stereocenters. The molecule has 100 valence electrons. The normalized spacial score (nSPS) is 22.1. The Hall–Kier alpha value is -0.610. The Balaban J connectivity index is 2.43. The summed E-state index contributed by atoms with van der Waals surface area (Å²) in [5.74, 6) is 0.339. The number of esters is 1. The van der Waals surface area contributed by atoms with Crippen molar-refractivity contribution in [2.24, 2.45) is 5.92 Å². The zero-order chi connectivity index (χ0) is 12.5. The van der Waals surface area contributed by atoms with Gasteiger partial charge in [-0.3, -0.25) is 4.79 Å². The summed E-state index contributed by atoms with van der Waals surface area (Å²) in [5, 5.41) is 3.45. The summed E-state index contributed by atoms with van der Waals surface area (Å²) < 4.78 is 10.5. The van der Waals surface area contributed by atoms with E-state index in [0.717, 1.165) is 39.0 Å². The standard InChI is InChI=1S/C13H25NO3/c1-3-7-14-12(9-13(15)17-4-2)11-6-5-8-16-10-11/h11-12,14H,3-10H2,1-2H3. The SMILES string of the molecule is CCCNC(CC(=O)OCC)C1CCCOC1. The van der Waals surface area contributed by atoms with Gasteiger partial charge in [0, 0.05) is 12.6 Å². The van der Waals surface area contributed by atoms with Crippen LogP contribution in [-0.2, 0) is 14.3 Å². The molecule has 0 aromatic carbocycles. The highest BCUT2D eigenvalue weighted by Crippen LogP contribution is 2.20. The topological polar surface area (TPSA) is 47.6 Å². The van der Waals surface area contributed by atoms with Crippen LogP contribution in [0.5, 0.6) is 0 Å². The lowest BCUT2D eigenvalue weighted by molar-refractivity contribution is -0.144. The number of carbonyl (C=O) groups is 1. The monoisotopic (exact) mass is 243 g/mol. The van der Waals surface area contributed by atoms with Crippen LogP contribution in [-0.4, -0.2) is 38.4 Å². The van der Waals surface area contributed by atoms with Crippen LogP contribution in [0.1, 0.15) is 39.5 Å². The second-order valence-electron chi connectivity index (χ2n) is 4.55. The van der Waals surface area contributed by atoms with Crippen LogP contribution in [0.4, 0.5) is 0 Å². The van der Waals surface area contributed by atoms with E-state index in [0.29, 0.717) is 18.9 Å². The van der Waals surface area contributed by atoms with Crippen LogP contribution in [0.15, 0.2) is 0 Å². The predicted molar refractivity (Wildman–Crippen MR) is 66.9 cm³/mol. The molecule has 0 spiro atoms. The third kappa shape index (κ3) is 5.50. The quantitative estimate of drug-likeness (QED) is 0.692. The first-order valence-electron chi connectivity index (χ1n) is 6.74. The Bertz CT molecular complexity index is 215. The largest absolute Gasteiger partial charge is 0.466 e. The first-order valence-corrected chi connectivity index (χ1v) is 6.74. The van der Waals surface area contributed by atoms with Gasteiger partial charge in [0.2, 0.25) is 0 Å². The van der Waals surface area contributed by atoms with E-state index < -0.39 is 0 Å². The summed E-state index contributed by atoms with van der Waals surface area (Å²) >= 11 is 0. The predicted octanol–water partition coefficient (Wildman–Crippen LogP) is 1.73. The molecule has 1 fully saturated rings. The lowest BCUT2D eigenvalue weighted by Gasteiger charge is -2.30. The first-order chi connectivity index (χ1) is 8.27. The maximum absolute atomic E-state index is 11.6. The van der Waals surface area contributed by atoms with E-state index in [9.17, 15) is 4.79 Å². The highest BCUT2D eigenvalue weighted by Gasteiger charge is 2.26. The third-order valence-corrected chi connectivity index (χ3v) is 3.11. The van der Waals surface area contributed by atoms with Crippen molar-refractivity contribution < 1.29 is 14.3 Å². The molecular weight excluding hydrogens is 218 g/mol. The van der Waals surface area contributed by atoms with Crippen LogP contribution >= 0.6 is 0 Å². The van der Waals surface area contributed by atoms with Crippen molar-refractivity contribution in [3.8, 4) is 0 Å². The molecule has 4 heteroatoms. The van der Waals surface area contributed by atoms with E-state index in [-0.39, 0.29) is 12.0 Å². The summed E-state index contributed by atoms with van der Waals surface area (Å²) in [6, 6.07) is 0.203. The number of hydrogen-bond acceptors (Lipinski definition) is 4. The lowest BCUT2D eigenvalue weighted by Crippen LogP contribution is -2.42. The number of hydrogen-bond donors (Lipinski definition) is 1. The molecular formula is C13H25NO3. The molecule has 17 heavy (non-hydrogen) atoms. The van der Waals surface area contributed by atoms with Gasteiger partial charge in [0.15, 0.2) is 0 Å². The molecule has 0 aliphatic carbocycles. The number of rotatable bonds is 7. The van der Waals surface area contributed by atoms with Gasteiger partial charge < -0.3 is 14.8 Å². The van der Waals surface area contributed by atoms with Gasteiger partial charge in [0.1, 0.15) is 0 Å². The Kier molecular flexibility index (Phi) is 7.21. The Morgan fingerprint density at radius 3 is 2.94 bits per heavy atom. The van der Waals surface area contributed by atoms with Crippen molar-refractivity contribution >= 4 is 5.97 Å². The summed E-state index contributed by atoms with van der Waals surface area (Å²) in [4.78, 5) is 11.6. The first kappa shape index (κ1) is 14.5. The van der Waals surface area contributed by atoms with E-state index in [1.165, 1.54) is 0 Å². The molecule has 0 saturated carbocycles. The number of nitrogens with one attached hydrogen (secondary N) is 1. The molecule has 0 amide bonds. The molecule has 1 saturated heterocycles. The summed E-state index contributed by atoms with van der Waals surface area (Å²) in [7, 11) is 0.